The highest BCUT2D eigenvalue weighted by Crippen LogP contribution is 2.19. The zero-order valence-electron chi connectivity index (χ0n) is 10.4. The lowest BCUT2D eigenvalue weighted by atomic mass is 10.3. The molecule has 1 N–H and O–H groups in total. The molecule has 0 bridgehead atoms. The van der Waals surface area contributed by atoms with Gasteiger partial charge in [-0.05, 0) is 46.3 Å². The lowest BCUT2D eigenvalue weighted by Crippen LogP contribution is -2.21. The molecule has 0 spiro atoms. The molecular weight excluding hydrogens is 369 g/mol. The first-order valence-corrected chi connectivity index (χ1v) is 6.80. The van der Waals surface area contributed by atoms with E-state index in [0.29, 0.717) is 4.67 Å². The van der Waals surface area contributed by atoms with Crippen LogP contribution in [0.5, 0.6) is 0 Å². The van der Waals surface area contributed by atoms with Gasteiger partial charge in [-0.25, -0.2) is 9.18 Å². The van der Waals surface area contributed by atoms with Gasteiger partial charge in [-0.2, -0.15) is 0 Å². The van der Waals surface area contributed by atoms with Crippen LogP contribution >= 0.6 is 27.5 Å². The molecule has 0 saturated carbocycles. The summed E-state index contributed by atoms with van der Waals surface area (Å²) in [7, 11) is 0. The third-order valence-electron chi connectivity index (χ3n) is 2.31. The first-order chi connectivity index (χ1) is 9.95. The maximum absolute atomic E-state index is 13.5. The average Bonchev–Trinajstić information content (AvgIpc) is 2.86. The number of carbonyl (C=O) groups is 2. The molecule has 1 heterocycles. The fraction of sp³-hybridized carbons (Fsp3) is 0.0769. The monoisotopic (exact) mass is 375 g/mol. The second-order valence-electron chi connectivity index (χ2n) is 3.85. The summed E-state index contributed by atoms with van der Waals surface area (Å²) in [5.41, 5.74) is -0.0545. The van der Waals surface area contributed by atoms with Gasteiger partial charge in [0.25, 0.3) is 5.91 Å². The van der Waals surface area contributed by atoms with Gasteiger partial charge >= 0.3 is 5.97 Å². The molecule has 1 amide bonds. The van der Waals surface area contributed by atoms with Crippen LogP contribution in [-0.4, -0.2) is 18.5 Å². The molecule has 0 aliphatic heterocycles. The van der Waals surface area contributed by atoms with Gasteiger partial charge in [0.2, 0.25) is 5.76 Å². The Morgan fingerprint density at radius 2 is 2.10 bits per heavy atom. The van der Waals surface area contributed by atoms with Crippen LogP contribution in [0.15, 0.2) is 39.4 Å². The second-order valence-corrected chi connectivity index (χ2v) is 5.07. The molecule has 0 atom stereocenters. The summed E-state index contributed by atoms with van der Waals surface area (Å²) in [6.45, 7) is -0.570. The Kier molecular flexibility index (Phi) is 4.98. The zero-order valence-corrected chi connectivity index (χ0v) is 12.7. The predicted octanol–water partition coefficient (Wildman–Crippen LogP) is 3.63. The standard InChI is InChI=1S/C13H8BrClFNO4/c14-11-4-3-10(21-11)13(19)20-6-12(18)17-9-2-1-7(15)5-8(9)16/h1-5H,6H2,(H,17,18). The van der Waals surface area contributed by atoms with Crippen LogP contribution in [0.4, 0.5) is 10.1 Å². The fourth-order valence-corrected chi connectivity index (χ4v) is 1.87. The largest absolute Gasteiger partial charge is 0.450 e. The van der Waals surface area contributed by atoms with Gasteiger partial charge in [-0.3, -0.25) is 4.79 Å². The van der Waals surface area contributed by atoms with E-state index in [2.05, 4.69) is 21.2 Å². The minimum absolute atomic E-state index is 0.0488. The maximum Gasteiger partial charge on any atom is 0.374 e. The van der Waals surface area contributed by atoms with E-state index in [0.717, 1.165) is 6.07 Å². The number of nitrogens with one attached hydrogen (secondary N) is 1. The molecule has 8 heteroatoms. The molecular formula is C13H8BrClFNO4. The Hall–Kier alpha value is -1.86. The number of amides is 1. The molecule has 2 aromatic rings. The van der Waals surface area contributed by atoms with Crippen molar-refractivity contribution < 1.29 is 23.1 Å². The average molecular weight is 377 g/mol. The number of benzene rings is 1. The third-order valence-corrected chi connectivity index (χ3v) is 2.98. The number of hydrogen-bond donors (Lipinski definition) is 1. The van der Waals surface area contributed by atoms with Gasteiger partial charge < -0.3 is 14.5 Å². The quantitative estimate of drug-likeness (QED) is 0.827. The molecule has 1 aromatic heterocycles. The van der Waals surface area contributed by atoms with Gasteiger partial charge in [0.05, 0.1) is 5.69 Å². The number of halogens is 3. The van der Waals surface area contributed by atoms with E-state index in [9.17, 15) is 14.0 Å². The highest BCUT2D eigenvalue weighted by Gasteiger charge is 2.15. The van der Waals surface area contributed by atoms with Crippen LogP contribution in [0.25, 0.3) is 0 Å². The molecule has 0 radical (unpaired) electrons. The lowest BCUT2D eigenvalue weighted by molar-refractivity contribution is -0.119. The van der Waals surface area contributed by atoms with E-state index >= 15 is 0 Å². The summed E-state index contributed by atoms with van der Waals surface area (Å²) in [6, 6.07) is 6.69. The van der Waals surface area contributed by atoms with E-state index in [1.165, 1.54) is 24.3 Å². The summed E-state index contributed by atoms with van der Waals surface area (Å²) < 4.78 is 23.5. The van der Waals surface area contributed by atoms with Crippen LogP contribution in [0, 0.1) is 5.82 Å². The van der Waals surface area contributed by atoms with E-state index in [1.54, 1.807) is 0 Å². The molecule has 0 aliphatic carbocycles. The van der Waals surface area contributed by atoms with Crippen molar-refractivity contribution in [3.8, 4) is 0 Å². The van der Waals surface area contributed by atoms with E-state index in [-0.39, 0.29) is 16.5 Å². The Labute approximate surface area is 132 Å². The van der Waals surface area contributed by atoms with Crippen LogP contribution in [-0.2, 0) is 9.53 Å². The highest BCUT2D eigenvalue weighted by molar-refractivity contribution is 9.10. The zero-order chi connectivity index (χ0) is 15.4. The van der Waals surface area contributed by atoms with Gasteiger partial charge in [0.15, 0.2) is 11.3 Å². The SMILES string of the molecule is O=C(COC(=O)c1ccc(Br)o1)Nc1ccc(Cl)cc1F. The van der Waals surface area contributed by atoms with Crippen molar-refractivity contribution in [1.82, 2.24) is 0 Å². The number of carbonyl (C=O) groups excluding carboxylic acids is 2. The third kappa shape index (κ3) is 4.30. The Morgan fingerprint density at radius 1 is 1.33 bits per heavy atom. The van der Waals surface area contributed by atoms with Crippen molar-refractivity contribution in [2.24, 2.45) is 0 Å². The second kappa shape index (κ2) is 6.73. The molecule has 21 heavy (non-hydrogen) atoms. The number of anilines is 1. The topological polar surface area (TPSA) is 68.5 Å². The molecule has 2 rings (SSSR count). The van der Waals surface area contributed by atoms with Crippen molar-refractivity contribution in [2.45, 2.75) is 0 Å². The van der Waals surface area contributed by atoms with E-state index in [1.807, 2.05) is 0 Å². The summed E-state index contributed by atoms with van der Waals surface area (Å²) >= 11 is 8.62. The molecule has 0 saturated heterocycles. The number of ether oxygens (including phenoxy) is 1. The van der Waals surface area contributed by atoms with Crippen molar-refractivity contribution in [2.75, 3.05) is 11.9 Å². The summed E-state index contributed by atoms with van der Waals surface area (Å²) in [5, 5.41) is 2.47. The Balaban J connectivity index is 1.89. The van der Waals surface area contributed by atoms with Crippen molar-refractivity contribution in [3.05, 3.63) is 51.6 Å². The van der Waals surface area contributed by atoms with Crippen LogP contribution in [0.3, 0.4) is 0 Å². The summed E-state index contributed by atoms with van der Waals surface area (Å²) in [5.74, 6) is -2.22. The molecule has 5 nitrogen and oxygen atoms in total. The number of hydrogen-bond acceptors (Lipinski definition) is 4. The van der Waals surface area contributed by atoms with E-state index < -0.39 is 24.3 Å². The smallest absolute Gasteiger partial charge is 0.374 e. The predicted molar refractivity (Wildman–Crippen MR) is 76.7 cm³/mol. The molecule has 110 valence electrons. The number of rotatable bonds is 4. The normalized spacial score (nSPS) is 10.2. The first kappa shape index (κ1) is 15.5. The van der Waals surface area contributed by atoms with Crippen molar-refractivity contribution in [3.63, 3.8) is 0 Å². The minimum atomic E-state index is -0.799. The van der Waals surface area contributed by atoms with Crippen molar-refractivity contribution in [1.29, 1.82) is 0 Å². The van der Waals surface area contributed by atoms with Gasteiger partial charge in [0.1, 0.15) is 5.82 Å². The summed E-state index contributed by atoms with van der Waals surface area (Å²) in [6.07, 6.45) is 0. The first-order valence-electron chi connectivity index (χ1n) is 5.63. The van der Waals surface area contributed by atoms with Crippen molar-refractivity contribution >= 4 is 45.1 Å². The molecule has 0 unspecified atom stereocenters. The number of furan rings is 1. The molecule has 0 aliphatic rings. The van der Waals surface area contributed by atoms with Crippen LogP contribution < -0.4 is 5.32 Å². The minimum Gasteiger partial charge on any atom is -0.450 e. The molecule has 1 aromatic carbocycles. The Morgan fingerprint density at radius 3 is 2.71 bits per heavy atom. The van der Waals surface area contributed by atoms with E-state index in [4.69, 9.17) is 20.8 Å². The molecule has 0 fully saturated rings. The van der Waals surface area contributed by atoms with Gasteiger partial charge in [-0.1, -0.05) is 11.6 Å². The number of esters is 1. The van der Waals surface area contributed by atoms with Crippen LogP contribution in [0.1, 0.15) is 10.6 Å². The Bertz CT molecular complexity index is 689. The van der Waals surface area contributed by atoms with Gasteiger partial charge in [0, 0.05) is 5.02 Å². The highest BCUT2D eigenvalue weighted by atomic mass is 79.9. The fourth-order valence-electron chi connectivity index (χ4n) is 1.40. The maximum atomic E-state index is 13.5. The van der Waals surface area contributed by atoms with Crippen LogP contribution in [0.2, 0.25) is 5.02 Å². The lowest BCUT2D eigenvalue weighted by Gasteiger charge is -2.06. The van der Waals surface area contributed by atoms with Gasteiger partial charge in [-0.15, -0.1) is 0 Å². The summed E-state index contributed by atoms with van der Waals surface area (Å²) in [4.78, 5) is 23.1.